The molecule has 0 saturated carbocycles. The van der Waals surface area contributed by atoms with Crippen LogP contribution in [0.4, 0.5) is 10.5 Å². The van der Waals surface area contributed by atoms with Gasteiger partial charge in [-0.2, -0.15) is 4.31 Å². The second-order valence-corrected chi connectivity index (χ2v) is 13.0. The van der Waals surface area contributed by atoms with Crippen molar-refractivity contribution in [2.75, 3.05) is 12.3 Å². The summed E-state index contributed by atoms with van der Waals surface area (Å²) in [5, 5.41) is 0. The highest BCUT2D eigenvalue weighted by atomic mass is 32.2. The molecule has 14 heteroatoms. The van der Waals surface area contributed by atoms with E-state index in [0.29, 0.717) is 5.69 Å². The van der Waals surface area contributed by atoms with Gasteiger partial charge in [-0.05, 0) is 73.9 Å². The van der Waals surface area contributed by atoms with Gasteiger partial charge >= 0.3 is 13.9 Å². The molecule has 1 aromatic heterocycles. The van der Waals surface area contributed by atoms with Gasteiger partial charge in [-0.15, -0.1) is 0 Å². The highest BCUT2D eigenvalue weighted by molar-refractivity contribution is 7.89. The van der Waals surface area contributed by atoms with Crippen LogP contribution in [0.5, 0.6) is 0 Å². The number of nitrogen functional groups attached to an aromatic ring is 1. The molecule has 1 amide bonds. The van der Waals surface area contributed by atoms with Gasteiger partial charge in [0.15, 0.2) is 0 Å². The molecule has 216 valence electrons. The standard InChI is InChI=1S/C25H36N3O9PS/c1-17(2)16-28(39(33,34)20-12-10-19(26)11-13-20)23(21-9-6-14-35-21)24(37-38(30,31)32)22(36-25(27)29)15-18-7-4-3-5-8-18/h4,6-7,9-14,17-18,22-24H,3,5,8,15-16,26H2,1-2H3,(H2,27,29)(H2,30,31,32)/t18?,22-,23?,24-/m0/s1. The van der Waals surface area contributed by atoms with E-state index >= 15 is 0 Å². The quantitative estimate of drug-likeness (QED) is 0.152. The predicted molar refractivity (Wildman–Crippen MR) is 144 cm³/mol. The number of carbonyl (C=O) groups excluding carboxylic acids is 1. The Bertz CT molecular complexity index is 1260. The number of primary amides is 1. The molecule has 1 aliphatic carbocycles. The van der Waals surface area contributed by atoms with Gasteiger partial charge < -0.3 is 30.4 Å². The molecule has 0 fully saturated rings. The van der Waals surface area contributed by atoms with Crippen molar-refractivity contribution >= 4 is 29.6 Å². The van der Waals surface area contributed by atoms with Crippen LogP contribution < -0.4 is 11.5 Å². The lowest BCUT2D eigenvalue weighted by atomic mass is 9.87. The second kappa shape index (κ2) is 13.1. The minimum atomic E-state index is -5.26. The Morgan fingerprint density at radius 1 is 1.23 bits per heavy atom. The molecule has 0 spiro atoms. The molecule has 39 heavy (non-hydrogen) atoms. The number of amides is 1. The van der Waals surface area contributed by atoms with Gasteiger partial charge in [-0.1, -0.05) is 26.0 Å². The Morgan fingerprint density at radius 2 is 1.92 bits per heavy atom. The maximum atomic E-state index is 14.1. The van der Waals surface area contributed by atoms with Crippen LogP contribution in [0.2, 0.25) is 0 Å². The highest BCUT2D eigenvalue weighted by Crippen LogP contribution is 2.46. The van der Waals surface area contributed by atoms with Crippen LogP contribution in [0.15, 0.2) is 64.1 Å². The maximum Gasteiger partial charge on any atom is 0.470 e. The first kappa shape index (κ1) is 30.9. The molecule has 0 saturated heterocycles. The SMILES string of the molecule is CC(C)CN(C(c1ccco1)[C@@H](OP(=O)(O)O)[C@H](CC1C=CCCC1)OC(N)=O)S(=O)(=O)c1ccc(N)cc1. The largest absolute Gasteiger partial charge is 0.470 e. The summed E-state index contributed by atoms with van der Waals surface area (Å²) in [4.78, 5) is 31.7. The Kier molecular flexibility index (Phi) is 10.4. The van der Waals surface area contributed by atoms with Gasteiger partial charge in [0.2, 0.25) is 10.0 Å². The van der Waals surface area contributed by atoms with Crippen molar-refractivity contribution in [2.24, 2.45) is 17.6 Å². The lowest BCUT2D eigenvalue weighted by molar-refractivity contribution is -0.0408. The van der Waals surface area contributed by atoms with E-state index in [4.69, 9.17) is 25.1 Å². The zero-order valence-electron chi connectivity index (χ0n) is 21.8. The third kappa shape index (κ3) is 8.66. The third-order valence-electron chi connectivity index (χ3n) is 6.27. The number of rotatable bonds is 13. The number of sulfonamides is 1. The summed E-state index contributed by atoms with van der Waals surface area (Å²) < 4.78 is 57.7. The van der Waals surface area contributed by atoms with Crippen LogP contribution in [-0.4, -0.2) is 47.4 Å². The fourth-order valence-electron chi connectivity index (χ4n) is 4.69. The number of hydrogen-bond acceptors (Lipinski definition) is 8. The smallest absolute Gasteiger partial charge is 0.468 e. The second-order valence-electron chi connectivity index (χ2n) is 9.89. The Labute approximate surface area is 228 Å². The highest BCUT2D eigenvalue weighted by Gasteiger charge is 2.47. The van der Waals surface area contributed by atoms with E-state index in [0.717, 1.165) is 23.6 Å². The van der Waals surface area contributed by atoms with Crippen molar-refractivity contribution < 1.29 is 41.2 Å². The molecule has 1 aromatic carbocycles. The zero-order valence-corrected chi connectivity index (χ0v) is 23.5. The molecule has 2 unspecified atom stereocenters. The minimum Gasteiger partial charge on any atom is -0.468 e. The van der Waals surface area contributed by atoms with Crippen molar-refractivity contribution in [1.29, 1.82) is 0 Å². The topological polar surface area (TPSA) is 196 Å². The molecule has 6 N–H and O–H groups in total. The molecular weight excluding hydrogens is 549 g/mol. The van der Waals surface area contributed by atoms with E-state index in [1.54, 1.807) is 13.8 Å². The van der Waals surface area contributed by atoms with Crippen LogP contribution >= 0.6 is 7.82 Å². The van der Waals surface area contributed by atoms with Gasteiger partial charge in [-0.25, -0.2) is 17.8 Å². The maximum absolute atomic E-state index is 14.1. The number of hydrogen-bond donors (Lipinski definition) is 4. The minimum absolute atomic E-state index is 0.0328. The van der Waals surface area contributed by atoms with Gasteiger partial charge in [0.25, 0.3) is 0 Å². The van der Waals surface area contributed by atoms with Gasteiger partial charge in [0.1, 0.15) is 24.0 Å². The first-order valence-electron chi connectivity index (χ1n) is 12.6. The lowest BCUT2D eigenvalue weighted by Crippen LogP contribution is -2.49. The number of nitrogens with two attached hydrogens (primary N) is 2. The molecule has 1 heterocycles. The molecular formula is C25H36N3O9PS. The molecule has 4 atom stereocenters. The van der Waals surface area contributed by atoms with Crippen LogP contribution in [0.3, 0.4) is 0 Å². The Morgan fingerprint density at radius 3 is 2.44 bits per heavy atom. The summed E-state index contributed by atoms with van der Waals surface area (Å²) >= 11 is 0. The average Bonchev–Trinajstić information content (AvgIpc) is 3.37. The van der Waals surface area contributed by atoms with Crippen molar-refractivity contribution in [1.82, 2.24) is 4.31 Å². The van der Waals surface area contributed by atoms with Crippen LogP contribution in [0.25, 0.3) is 0 Å². The van der Waals surface area contributed by atoms with E-state index in [1.165, 1.54) is 42.7 Å². The van der Waals surface area contributed by atoms with Crippen molar-refractivity contribution in [3.63, 3.8) is 0 Å². The molecule has 0 radical (unpaired) electrons. The molecule has 0 bridgehead atoms. The summed E-state index contributed by atoms with van der Waals surface area (Å²) in [6, 6.07) is 7.05. The predicted octanol–water partition coefficient (Wildman–Crippen LogP) is 3.94. The van der Waals surface area contributed by atoms with Crippen molar-refractivity contribution in [3.05, 3.63) is 60.6 Å². The summed E-state index contributed by atoms with van der Waals surface area (Å²) in [7, 11) is -9.60. The summed E-state index contributed by atoms with van der Waals surface area (Å²) in [6.07, 6.45) is 3.50. The number of nitrogens with zero attached hydrogens (tertiary/aromatic N) is 1. The summed E-state index contributed by atoms with van der Waals surface area (Å²) in [5.74, 6) is -0.334. The number of anilines is 1. The van der Waals surface area contributed by atoms with E-state index in [-0.39, 0.29) is 35.5 Å². The number of phosphoric ester groups is 1. The number of furan rings is 1. The molecule has 12 nitrogen and oxygen atoms in total. The molecule has 3 rings (SSSR count). The van der Waals surface area contributed by atoms with Crippen molar-refractivity contribution in [3.8, 4) is 0 Å². The van der Waals surface area contributed by atoms with Gasteiger partial charge in [0.05, 0.1) is 11.2 Å². The lowest BCUT2D eigenvalue weighted by Gasteiger charge is -2.39. The first-order chi connectivity index (χ1) is 18.3. The molecule has 1 aliphatic rings. The van der Waals surface area contributed by atoms with E-state index < -0.39 is 42.2 Å². The van der Waals surface area contributed by atoms with Crippen molar-refractivity contribution in [2.45, 2.75) is 62.7 Å². The van der Waals surface area contributed by atoms with Crippen LogP contribution in [0.1, 0.15) is 51.3 Å². The Hall–Kier alpha value is -2.67. The fourth-order valence-corrected chi connectivity index (χ4v) is 7.02. The number of phosphoric acid groups is 1. The summed E-state index contributed by atoms with van der Waals surface area (Å²) in [6.45, 7) is 3.48. The van der Waals surface area contributed by atoms with E-state index in [2.05, 4.69) is 0 Å². The fraction of sp³-hybridized carbons (Fsp3) is 0.480. The molecule has 0 aliphatic heterocycles. The van der Waals surface area contributed by atoms with E-state index in [9.17, 15) is 27.6 Å². The van der Waals surface area contributed by atoms with E-state index in [1.807, 2.05) is 12.2 Å². The number of carbonyl (C=O) groups is 1. The van der Waals surface area contributed by atoms with Crippen LogP contribution in [-0.2, 0) is 23.8 Å². The summed E-state index contributed by atoms with van der Waals surface area (Å²) in [5.41, 5.74) is 11.5. The zero-order chi connectivity index (χ0) is 28.8. The first-order valence-corrected chi connectivity index (χ1v) is 15.5. The number of allylic oxidation sites excluding steroid dienone is 2. The number of benzene rings is 1. The third-order valence-corrected chi connectivity index (χ3v) is 8.65. The van der Waals surface area contributed by atoms with Gasteiger partial charge in [0, 0.05) is 12.2 Å². The van der Waals surface area contributed by atoms with Gasteiger partial charge in [-0.3, -0.25) is 4.52 Å². The Balaban J connectivity index is 2.22. The monoisotopic (exact) mass is 585 g/mol. The molecule has 2 aromatic rings. The average molecular weight is 586 g/mol. The normalized spacial score (nSPS) is 18.7. The van der Waals surface area contributed by atoms with Crippen LogP contribution in [0, 0.1) is 11.8 Å². The number of ether oxygens (including phenoxy) is 1.